The Hall–Kier alpha value is -2.76. The second-order valence-corrected chi connectivity index (χ2v) is 8.18. The van der Waals surface area contributed by atoms with Gasteiger partial charge in [0.1, 0.15) is 17.7 Å². The molecule has 2 aromatic rings. The van der Waals surface area contributed by atoms with E-state index in [0.29, 0.717) is 18.7 Å². The predicted octanol–water partition coefficient (Wildman–Crippen LogP) is 1.53. The van der Waals surface area contributed by atoms with Crippen molar-refractivity contribution in [2.75, 3.05) is 23.7 Å². The maximum atomic E-state index is 14.0. The number of hydrogen-bond acceptors (Lipinski definition) is 5. The van der Waals surface area contributed by atoms with Gasteiger partial charge in [0.25, 0.3) is 10.2 Å². The van der Waals surface area contributed by atoms with E-state index in [-0.39, 0.29) is 24.0 Å². The van der Waals surface area contributed by atoms with Crippen molar-refractivity contribution in [3.63, 3.8) is 0 Å². The van der Waals surface area contributed by atoms with Gasteiger partial charge in [0.15, 0.2) is 0 Å². The second-order valence-electron chi connectivity index (χ2n) is 6.47. The fraction of sp³-hybridized carbons (Fsp3) is 0.294. The fourth-order valence-corrected chi connectivity index (χ4v) is 4.81. The second kappa shape index (κ2) is 7.34. The minimum atomic E-state index is -3.45. The molecule has 0 radical (unpaired) electrons. The Morgan fingerprint density at radius 2 is 2.11 bits per heavy atom. The average molecular weight is 407 g/mol. The zero-order valence-corrected chi connectivity index (χ0v) is 15.4. The maximum absolute atomic E-state index is 14.0. The van der Waals surface area contributed by atoms with Crippen molar-refractivity contribution < 1.29 is 22.3 Å². The predicted molar refractivity (Wildman–Crippen MR) is 99.7 cm³/mol. The Labute approximate surface area is 161 Å². The van der Waals surface area contributed by atoms with E-state index in [4.69, 9.17) is 4.74 Å². The molecule has 2 aliphatic heterocycles. The Balaban J connectivity index is 1.43. The SMILES string of the molecule is O=C(Nc1cccnc1)Nc1cc(F)cc(OC2CCN3[C@@H]2CNS3(=O)=O)c1. The minimum absolute atomic E-state index is 0.211. The number of pyridine rings is 1. The molecule has 148 valence electrons. The van der Waals surface area contributed by atoms with Gasteiger partial charge in [0, 0.05) is 37.1 Å². The summed E-state index contributed by atoms with van der Waals surface area (Å²) in [5.74, 6) is -0.367. The third kappa shape index (κ3) is 3.91. The van der Waals surface area contributed by atoms with E-state index in [9.17, 15) is 17.6 Å². The molecule has 0 aliphatic carbocycles. The van der Waals surface area contributed by atoms with Crippen molar-refractivity contribution in [1.29, 1.82) is 0 Å². The van der Waals surface area contributed by atoms with E-state index in [1.54, 1.807) is 18.3 Å². The summed E-state index contributed by atoms with van der Waals surface area (Å²) >= 11 is 0. The van der Waals surface area contributed by atoms with E-state index in [1.165, 1.54) is 22.6 Å². The normalized spacial score (nSPS) is 23.2. The monoisotopic (exact) mass is 407 g/mol. The van der Waals surface area contributed by atoms with Crippen molar-refractivity contribution >= 4 is 27.6 Å². The third-order valence-corrected chi connectivity index (χ3v) is 6.15. The number of nitrogens with zero attached hydrogens (tertiary/aromatic N) is 2. The molecule has 28 heavy (non-hydrogen) atoms. The molecule has 3 heterocycles. The van der Waals surface area contributed by atoms with E-state index < -0.39 is 28.2 Å². The molecular formula is C17H18FN5O4S. The van der Waals surface area contributed by atoms with Gasteiger partial charge in [-0.25, -0.2) is 13.9 Å². The largest absolute Gasteiger partial charge is 0.488 e. The number of rotatable bonds is 4. The number of benzene rings is 1. The quantitative estimate of drug-likeness (QED) is 0.712. The maximum Gasteiger partial charge on any atom is 0.323 e. The highest BCUT2D eigenvalue weighted by molar-refractivity contribution is 7.87. The van der Waals surface area contributed by atoms with E-state index in [1.807, 2.05) is 0 Å². The average Bonchev–Trinajstić information content (AvgIpc) is 3.16. The van der Waals surface area contributed by atoms with Crippen LogP contribution in [0.15, 0.2) is 42.7 Å². The number of carbonyl (C=O) groups excluding carboxylic acids is 1. The van der Waals surface area contributed by atoms with Crippen molar-refractivity contribution in [3.8, 4) is 5.75 Å². The van der Waals surface area contributed by atoms with Crippen molar-refractivity contribution in [2.45, 2.75) is 18.6 Å². The van der Waals surface area contributed by atoms with Crippen LogP contribution in [0.4, 0.5) is 20.6 Å². The Morgan fingerprint density at radius 1 is 1.29 bits per heavy atom. The number of fused-ring (bicyclic) bond motifs is 1. The molecule has 0 spiro atoms. The van der Waals surface area contributed by atoms with Crippen LogP contribution in [0.5, 0.6) is 5.75 Å². The third-order valence-electron chi connectivity index (χ3n) is 4.55. The molecule has 2 fully saturated rings. The first-order valence-corrected chi connectivity index (χ1v) is 10.1. The lowest BCUT2D eigenvalue weighted by molar-refractivity contribution is 0.175. The van der Waals surface area contributed by atoms with Crippen LogP contribution in [0.2, 0.25) is 0 Å². The molecule has 2 atom stereocenters. The number of amides is 2. The van der Waals surface area contributed by atoms with Gasteiger partial charge in [0.2, 0.25) is 0 Å². The summed E-state index contributed by atoms with van der Waals surface area (Å²) in [5.41, 5.74) is 0.706. The molecule has 1 aromatic heterocycles. The van der Waals surface area contributed by atoms with Crippen LogP contribution in [-0.4, -0.2) is 49.0 Å². The number of ether oxygens (including phenoxy) is 1. The molecule has 11 heteroatoms. The first-order chi connectivity index (χ1) is 13.4. The molecule has 3 N–H and O–H groups in total. The molecular weight excluding hydrogens is 389 g/mol. The molecule has 0 saturated carbocycles. The number of hydrogen-bond donors (Lipinski definition) is 3. The number of urea groups is 1. The Bertz CT molecular complexity index is 988. The minimum Gasteiger partial charge on any atom is -0.488 e. The molecule has 2 aliphatic rings. The van der Waals surface area contributed by atoms with Crippen LogP contribution in [0, 0.1) is 5.82 Å². The van der Waals surface area contributed by atoms with Crippen LogP contribution in [0.1, 0.15) is 6.42 Å². The number of anilines is 2. The molecule has 4 rings (SSSR count). The summed E-state index contributed by atoms with van der Waals surface area (Å²) in [4.78, 5) is 16.0. The summed E-state index contributed by atoms with van der Waals surface area (Å²) < 4.78 is 47.4. The number of carbonyl (C=O) groups is 1. The summed E-state index contributed by atoms with van der Waals surface area (Å²) in [6.45, 7) is 0.597. The summed E-state index contributed by atoms with van der Waals surface area (Å²) in [6.07, 6.45) is 3.17. The van der Waals surface area contributed by atoms with Crippen LogP contribution in [0.25, 0.3) is 0 Å². The Kier molecular flexibility index (Phi) is 4.87. The van der Waals surface area contributed by atoms with Crippen LogP contribution >= 0.6 is 0 Å². The molecule has 1 unspecified atom stereocenters. The van der Waals surface area contributed by atoms with E-state index in [0.717, 1.165) is 6.07 Å². The van der Waals surface area contributed by atoms with Crippen LogP contribution in [0.3, 0.4) is 0 Å². The van der Waals surface area contributed by atoms with Crippen molar-refractivity contribution in [3.05, 3.63) is 48.5 Å². The van der Waals surface area contributed by atoms with E-state index >= 15 is 0 Å². The first kappa shape index (κ1) is 18.6. The zero-order chi connectivity index (χ0) is 19.7. The number of aromatic nitrogens is 1. The number of nitrogens with one attached hydrogen (secondary N) is 3. The van der Waals surface area contributed by atoms with Gasteiger partial charge in [-0.15, -0.1) is 0 Å². The lowest BCUT2D eigenvalue weighted by atomic mass is 10.2. The smallest absolute Gasteiger partial charge is 0.323 e. The highest BCUT2D eigenvalue weighted by Gasteiger charge is 2.47. The molecule has 0 bridgehead atoms. The van der Waals surface area contributed by atoms with Crippen LogP contribution in [-0.2, 0) is 10.2 Å². The molecule has 9 nitrogen and oxygen atoms in total. The highest BCUT2D eigenvalue weighted by Crippen LogP contribution is 2.30. The molecule has 1 aromatic carbocycles. The molecule has 2 saturated heterocycles. The van der Waals surface area contributed by atoms with Gasteiger partial charge in [-0.3, -0.25) is 4.98 Å². The summed E-state index contributed by atoms with van der Waals surface area (Å²) in [5, 5.41) is 5.12. The lowest BCUT2D eigenvalue weighted by Gasteiger charge is -2.20. The van der Waals surface area contributed by atoms with E-state index in [2.05, 4.69) is 20.3 Å². The van der Waals surface area contributed by atoms with Gasteiger partial charge in [-0.2, -0.15) is 12.7 Å². The first-order valence-electron chi connectivity index (χ1n) is 8.62. The fourth-order valence-electron chi connectivity index (χ4n) is 3.35. The van der Waals surface area contributed by atoms with Gasteiger partial charge in [0.05, 0.1) is 17.9 Å². The highest BCUT2D eigenvalue weighted by atomic mass is 32.2. The van der Waals surface area contributed by atoms with Crippen LogP contribution < -0.4 is 20.1 Å². The topological polar surface area (TPSA) is 113 Å². The van der Waals surface area contributed by atoms with Gasteiger partial charge < -0.3 is 15.4 Å². The van der Waals surface area contributed by atoms with Crippen molar-refractivity contribution in [2.24, 2.45) is 0 Å². The van der Waals surface area contributed by atoms with Crippen molar-refractivity contribution in [1.82, 2.24) is 14.0 Å². The van der Waals surface area contributed by atoms with Gasteiger partial charge in [-0.05, 0) is 24.6 Å². The lowest BCUT2D eigenvalue weighted by Crippen LogP contribution is -2.35. The molecule has 2 amide bonds. The number of halogens is 1. The summed E-state index contributed by atoms with van der Waals surface area (Å²) in [7, 11) is -3.45. The zero-order valence-electron chi connectivity index (χ0n) is 14.6. The summed E-state index contributed by atoms with van der Waals surface area (Å²) in [6, 6.07) is 6.31. The Morgan fingerprint density at radius 3 is 2.89 bits per heavy atom. The van der Waals surface area contributed by atoms with Gasteiger partial charge in [-0.1, -0.05) is 0 Å². The van der Waals surface area contributed by atoms with Gasteiger partial charge >= 0.3 is 6.03 Å². The standard InChI is InChI=1S/C17H18FN5O4S/c18-11-6-13(22-17(24)21-12-2-1-4-19-9-12)8-14(7-11)27-16-3-5-23-15(16)10-20-28(23,25)26/h1-2,4,6-9,15-16,20H,3,5,10H2,(H2,21,22,24)/t15-,16?/m1/s1.